The molecule has 0 unspecified atom stereocenters. The van der Waals surface area contributed by atoms with E-state index in [2.05, 4.69) is 27.7 Å². The summed E-state index contributed by atoms with van der Waals surface area (Å²) < 4.78 is 1.28. The SMILES string of the molecule is CCCCCC(=O)[O-].CC[N+](CC)(CC)CC. The number of aliphatic carboxylic acids is 1. The zero-order chi connectivity index (χ0) is 13.7. The van der Waals surface area contributed by atoms with Gasteiger partial charge in [0.2, 0.25) is 0 Å². The summed E-state index contributed by atoms with van der Waals surface area (Å²) in [6.07, 6.45) is 3.04. The third kappa shape index (κ3) is 10.3. The highest BCUT2D eigenvalue weighted by molar-refractivity contribution is 5.63. The van der Waals surface area contributed by atoms with E-state index in [-0.39, 0.29) is 6.42 Å². The first kappa shape index (κ1) is 18.8. The number of rotatable bonds is 8. The second-order valence-corrected chi connectivity index (χ2v) is 4.44. The molecule has 0 rings (SSSR count). The van der Waals surface area contributed by atoms with Crippen molar-refractivity contribution in [3.8, 4) is 0 Å². The van der Waals surface area contributed by atoms with Crippen LogP contribution in [-0.2, 0) is 4.79 Å². The van der Waals surface area contributed by atoms with Gasteiger partial charge >= 0.3 is 0 Å². The minimum atomic E-state index is -0.932. The molecule has 0 N–H and O–H groups in total. The van der Waals surface area contributed by atoms with Crippen LogP contribution in [0.1, 0.15) is 60.3 Å². The Hall–Kier alpha value is -0.570. The first-order valence-electron chi connectivity index (χ1n) is 7.06. The third-order valence-electron chi connectivity index (χ3n) is 3.67. The van der Waals surface area contributed by atoms with Gasteiger partial charge in [0.1, 0.15) is 0 Å². The smallest absolute Gasteiger partial charge is 0.0757 e. The van der Waals surface area contributed by atoms with Crippen LogP contribution in [0.25, 0.3) is 0 Å². The largest absolute Gasteiger partial charge is 0.550 e. The molecule has 0 bridgehead atoms. The number of carboxylic acid groups (broad SMARTS) is 1. The molecule has 17 heavy (non-hydrogen) atoms. The second-order valence-electron chi connectivity index (χ2n) is 4.44. The Labute approximate surface area is 107 Å². The van der Waals surface area contributed by atoms with Gasteiger partial charge in [0.15, 0.2) is 0 Å². The van der Waals surface area contributed by atoms with E-state index in [1.807, 2.05) is 6.92 Å². The number of unbranched alkanes of at least 4 members (excludes halogenated alkanes) is 2. The van der Waals surface area contributed by atoms with Gasteiger partial charge in [0.05, 0.1) is 26.2 Å². The molecule has 0 aromatic heterocycles. The van der Waals surface area contributed by atoms with Gasteiger partial charge in [0, 0.05) is 5.97 Å². The molecular weight excluding hydrogens is 214 g/mol. The van der Waals surface area contributed by atoms with Crippen LogP contribution in [0.4, 0.5) is 0 Å². The fourth-order valence-corrected chi connectivity index (χ4v) is 1.86. The Kier molecular flexibility index (Phi) is 13.2. The highest BCUT2D eigenvalue weighted by Gasteiger charge is 2.16. The summed E-state index contributed by atoms with van der Waals surface area (Å²) in [5.74, 6) is -0.932. The summed E-state index contributed by atoms with van der Waals surface area (Å²) >= 11 is 0. The van der Waals surface area contributed by atoms with E-state index in [1.54, 1.807) is 0 Å². The molecule has 3 nitrogen and oxygen atoms in total. The lowest BCUT2D eigenvalue weighted by atomic mass is 10.2. The molecule has 0 aromatic carbocycles. The Morgan fingerprint density at radius 2 is 1.29 bits per heavy atom. The van der Waals surface area contributed by atoms with Crippen LogP contribution in [0, 0.1) is 0 Å². The maximum atomic E-state index is 9.76. The first-order valence-corrected chi connectivity index (χ1v) is 7.06. The Morgan fingerprint density at radius 3 is 1.47 bits per heavy atom. The lowest BCUT2D eigenvalue weighted by Crippen LogP contribution is -2.47. The summed E-state index contributed by atoms with van der Waals surface area (Å²) in [4.78, 5) is 9.76. The average Bonchev–Trinajstić information content (AvgIpc) is 2.34. The average molecular weight is 245 g/mol. The summed E-state index contributed by atoms with van der Waals surface area (Å²) in [7, 11) is 0. The van der Waals surface area contributed by atoms with Crippen molar-refractivity contribution < 1.29 is 14.4 Å². The monoisotopic (exact) mass is 245 g/mol. The quantitative estimate of drug-likeness (QED) is 0.486. The highest BCUT2D eigenvalue weighted by Crippen LogP contribution is 2.03. The van der Waals surface area contributed by atoms with Gasteiger partial charge in [-0.25, -0.2) is 0 Å². The number of nitrogens with zero attached hydrogens (tertiary/aromatic N) is 1. The van der Waals surface area contributed by atoms with E-state index in [9.17, 15) is 9.90 Å². The standard InChI is InChI=1S/C8H20N.C6H12O2/c1-5-9(6-2,7-3)8-4;1-2-3-4-5-6(7)8/h5-8H2,1-4H3;2-5H2,1H3,(H,7,8)/q+1;/p-1. The lowest BCUT2D eigenvalue weighted by molar-refractivity contribution is -0.921. The number of carbonyl (C=O) groups is 1. The fraction of sp³-hybridized carbons (Fsp3) is 0.929. The Bertz CT molecular complexity index is 160. The van der Waals surface area contributed by atoms with E-state index in [0.29, 0.717) is 0 Å². The van der Waals surface area contributed by atoms with Crippen LogP contribution >= 0.6 is 0 Å². The van der Waals surface area contributed by atoms with Crippen molar-refractivity contribution in [2.75, 3.05) is 26.2 Å². The molecule has 0 aliphatic rings. The summed E-state index contributed by atoms with van der Waals surface area (Å²) in [6.45, 7) is 16.3. The van der Waals surface area contributed by atoms with E-state index in [4.69, 9.17) is 0 Å². The van der Waals surface area contributed by atoms with Crippen LogP contribution in [-0.4, -0.2) is 36.6 Å². The maximum Gasteiger partial charge on any atom is 0.0757 e. The zero-order valence-electron chi connectivity index (χ0n) is 12.4. The van der Waals surface area contributed by atoms with Crippen LogP contribution in [0.5, 0.6) is 0 Å². The van der Waals surface area contributed by atoms with Gasteiger partial charge in [-0.2, -0.15) is 0 Å². The molecule has 0 spiro atoms. The Morgan fingerprint density at radius 1 is 0.882 bits per heavy atom. The van der Waals surface area contributed by atoms with Crippen molar-refractivity contribution in [1.29, 1.82) is 0 Å². The fourth-order valence-electron chi connectivity index (χ4n) is 1.86. The van der Waals surface area contributed by atoms with E-state index in [1.165, 1.54) is 30.7 Å². The third-order valence-corrected chi connectivity index (χ3v) is 3.67. The molecule has 0 radical (unpaired) electrons. The summed E-state index contributed by atoms with van der Waals surface area (Å²) in [6, 6.07) is 0. The van der Waals surface area contributed by atoms with Crippen molar-refractivity contribution >= 4 is 5.97 Å². The summed E-state index contributed by atoms with van der Waals surface area (Å²) in [5, 5.41) is 9.76. The van der Waals surface area contributed by atoms with Crippen molar-refractivity contribution in [2.45, 2.75) is 60.3 Å². The highest BCUT2D eigenvalue weighted by atomic mass is 16.4. The molecule has 0 aliphatic heterocycles. The van der Waals surface area contributed by atoms with E-state index < -0.39 is 5.97 Å². The number of hydrogen-bond acceptors (Lipinski definition) is 2. The lowest BCUT2D eigenvalue weighted by Gasteiger charge is -2.34. The van der Waals surface area contributed by atoms with E-state index in [0.717, 1.165) is 19.3 Å². The topological polar surface area (TPSA) is 40.1 Å². The first-order chi connectivity index (χ1) is 8.01. The predicted octanol–water partition coefficient (Wildman–Crippen LogP) is 2.20. The molecule has 0 aromatic rings. The van der Waals surface area contributed by atoms with Crippen molar-refractivity contribution in [3.63, 3.8) is 0 Å². The molecule has 3 heteroatoms. The molecule has 0 heterocycles. The van der Waals surface area contributed by atoms with Gasteiger partial charge in [-0.15, -0.1) is 0 Å². The molecule has 104 valence electrons. The normalized spacial score (nSPS) is 10.6. The molecule has 0 fully saturated rings. The molecular formula is C14H31NO2. The molecule has 0 atom stereocenters. The zero-order valence-corrected chi connectivity index (χ0v) is 12.4. The van der Waals surface area contributed by atoms with Gasteiger partial charge < -0.3 is 14.4 Å². The number of hydrogen-bond donors (Lipinski definition) is 0. The van der Waals surface area contributed by atoms with Crippen molar-refractivity contribution in [3.05, 3.63) is 0 Å². The van der Waals surface area contributed by atoms with Gasteiger partial charge in [-0.05, 0) is 40.5 Å². The molecule has 0 amide bonds. The van der Waals surface area contributed by atoms with Crippen LogP contribution in [0.15, 0.2) is 0 Å². The maximum absolute atomic E-state index is 9.76. The van der Waals surface area contributed by atoms with Gasteiger partial charge in [0.25, 0.3) is 0 Å². The van der Waals surface area contributed by atoms with Crippen LogP contribution < -0.4 is 5.11 Å². The number of quaternary nitrogens is 1. The van der Waals surface area contributed by atoms with Crippen molar-refractivity contribution in [2.24, 2.45) is 0 Å². The van der Waals surface area contributed by atoms with Crippen LogP contribution in [0.2, 0.25) is 0 Å². The van der Waals surface area contributed by atoms with Crippen LogP contribution in [0.3, 0.4) is 0 Å². The van der Waals surface area contributed by atoms with E-state index >= 15 is 0 Å². The minimum Gasteiger partial charge on any atom is -0.550 e. The number of carbonyl (C=O) groups excluding carboxylic acids is 1. The molecule has 0 saturated carbocycles. The van der Waals surface area contributed by atoms with Gasteiger partial charge in [-0.3, -0.25) is 0 Å². The van der Waals surface area contributed by atoms with Gasteiger partial charge in [-0.1, -0.05) is 19.8 Å². The minimum absolute atomic E-state index is 0.216. The Balaban J connectivity index is 0. The molecule has 0 saturated heterocycles. The molecule has 0 aliphatic carbocycles. The second kappa shape index (κ2) is 11.9. The predicted molar refractivity (Wildman–Crippen MR) is 71.6 cm³/mol. The van der Waals surface area contributed by atoms with Crippen molar-refractivity contribution in [1.82, 2.24) is 0 Å². The number of carboxylic acids is 1. The summed E-state index contributed by atoms with van der Waals surface area (Å²) in [5.41, 5.74) is 0.